The molecule has 3 nitrogen and oxygen atoms in total. The lowest BCUT2D eigenvalue weighted by molar-refractivity contribution is 0.0728. The summed E-state index contributed by atoms with van der Waals surface area (Å²) in [6.07, 6.45) is 12.2. The molecule has 1 aromatic heterocycles. The second-order valence-corrected chi connectivity index (χ2v) is 8.55. The normalized spacial score (nSPS) is 10.9. The van der Waals surface area contributed by atoms with Gasteiger partial charge in [0.05, 0.1) is 11.3 Å². The van der Waals surface area contributed by atoms with E-state index in [1.807, 2.05) is 30.5 Å². The van der Waals surface area contributed by atoms with E-state index in [1.54, 1.807) is 12.1 Å². The first-order valence-electron chi connectivity index (χ1n) is 12.2. The minimum absolute atomic E-state index is 0.0451. The standard InChI is InChI=1S/C29H34FNO2/c1-3-5-7-8-9-11-23-12-18-27(31-21-23)24-14-16-25(17-15-24)29(32)33-28-19-13-22(10-6-4-2)20-26(28)30/h12-21H,3-11H2,1-2H3. The summed E-state index contributed by atoms with van der Waals surface area (Å²) in [5.74, 6) is -1.13. The third-order valence-electron chi connectivity index (χ3n) is 5.83. The fraction of sp³-hybridized carbons (Fsp3) is 0.379. The Hall–Kier alpha value is -3.01. The van der Waals surface area contributed by atoms with Crippen LogP contribution in [0.5, 0.6) is 5.75 Å². The molecule has 2 aromatic carbocycles. The van der Waals surface area contributed by atoms with Crippen LogP contribution in [-0.4, -0.2) is 11.0 Å². The van der Waals surface area contributed by atoms with Crippen molar-refractivity contribution in [2.75, 3.05) is 0 Å². The molecule has 0 saturated heterocycles. The smallest absolute Gasteiger partial charge is 0.343 e. The van der Waals surface area contributed by atoms with Gasteiger partial charge in [0.2, 0.25) is 0 Å². The van der Waals surface area contributed by atoms with Gasteiger partial charge < -0.3 is 4.74 Å². The number of carbonyl (C=O) groups is 1. The Bertz CT molecular complexity index is 1010. The van der Waals surface area contributed by atoms with Crippen LogP contribution in [0.25, 0.3) is 11.3 Å². The van der Waals surface area contributed by atoms with E-state index in [2.05, 4.69) is 24.9 Å². The summed E-state index contributed by atoms with van der Waals surface area (Å²) in [6.45, 7) is 4.32. The molecule has 0 unspecified atom stereocenters. The molecule has 0 amide bonds. The van der Waals surface area contributed by atoms with Crippen molar-refractivity contribution in [3.8, 4) is 17.0 Å². The number of esters is 1. The van der Waals surface area contributed by atoms with Gasteiger partial charge in [0, 0.05) is 11.8 Å². The van der Waals surface area contributed by atoms with Crippen molar-refractivity contribution in [1.29, 1.82) is 0 Å². The Morgan fingerprint density at radius 3 is 2.18 bits per heavy atom. The summed E-state index contributed by atoms with van der Waals surface area (Å²) in [7, 11) is 0. The number of hydrogen-bond acceptors (Lipinski definition) is 3. The molecule has 0 bridgehead atoms. The highest BCUT2D eigenvalue weighted by atomic mass is 19.1. The molecule has 0 fully saturated rings. The predicted octanol–water partition coefficient (Wildman–Crippen LogP) is 7.96. The highest BCUT2D eigenvalue weighted by Gasteiger charge is 2.13. The number of nitrogens with zero attached hydrogens (tertiary/aromatic N) is 1. The summed E-state index contributed by atoms with van der Waals surface area (Å²) in [5, 5.41) is 0. The van der Waals surface area contributed by atoms with E-state index in [-0.39, 0.29) is 5.75 Å². The van der Waals surface area contributed by atoms with Crippen LogP contribution in [0.1, 0.15) is 80.3 Å². The number of aromatic nitrogens is 1. The number of rotatable bonds is 12. The molecule has 174 valence electrons. The van der Waals surface area contributed by atoms with Gasteiger partial charge in [-0.25, -0.2) is 9.18 Å². The van der Waals surface area contributed by atoms with Gasteiger partial charge in [-0.2, -0.15) is 0 Å². The molecular formula is C29H34FNO2. The fourth-order valence-corrected chi connectivity index (χ4v) is 3.78. The summed E-state index contributed by atoms with van der Waals surface area (Å²) >= 11 is 0. The van der Waals surface area contributed by atoms with Crippen molar-refractivity contribution in [3.63, 3.8) is 0 Å². The van der Waals surface area contributed by atoms with Crippen LogP contribution in [0, 0.1) is 5.82 Å². The molecular weight excluding hydrogens is 413 g/mol. The van der Waals surface area contributed by atoms with E-state index >= 15 is 0 Å². The topological polar surface area (TPSA) is 39.2 Å². The lowest BCUT2D eigenvalue weighted by Gasteiger charge is -2.08. The van der Waals surface area contributed by atoms with E-state index in [0.717, 1.165) is 42.5 Å². The number of hydrogen-bond donors (Lipinski definition) is 0. The van der Waals surface area contributed by atoms with Gasteiger partial charge >= 0.3 is 5.97 Å². The minimum atomic E-state index is -0.576. The van der Waals surface area contributed by atoms with Gasteiger partial charge in [0.15, 0.2) is 11.6 Å². The first kappa shape index (κ1) is 24.6. The molecule has 0 atom stereocenters. The Labute approximate surface area is 197 Å². The molecule has 1 heterocycles. The summed E-state index contributed by atoms with van der Waals surface area (Å²) < 4.78 is 19.6. The van der Waals surface area contributed by atoms with Crippen molar-refractivity contribution in [2.45, 2.75) is 71.6 Å². The molecule has 0 aliphatic carbocycles. The maximum atomic E-state index is 14.3. The van der Waals surface area contributed by atoms with Crippen LogP contribution in [0.4, 0.5) is 4.39 Å². The minimum Gasteiger partial charge on any atom is -0.420 e. The van der Waals surface area contributed by atoms with Gasteiger partial charge in [-0.3, -0.25) is 4.98 Å². The van der Waals surface area contributed by atoms with E-state index in [4.69, 9.17) is 4.74 Å². The average molecular weight is 448 g/mol. The molecule has 3 aromatic rings. The van der Waals surface area contributed by atoms with Crippen molar-refractivity contribution in [3.05, 3.63) is 83.3 Å². The largest absolute Gasteiger partial charge is 0.420 e. The van der Waals surface area contributed by atoms with E-state index in [9.17, 15) is 9.18 Å². The van der Waals surface area contributed by atoms with Crippen molar-refractivity contribution in [1.82, 2.24) is 4.98 Å². The first-order chi connectivity index (χ1) is 16.1. The van der Waals surface area contributed by atoms with Crippen LogP contribution in [0.3, 0.4) is 0 Å². The number of aryl methyl sites for hydroxylation is 2. The molecule has 0 spiro atoms. The zero-order valence-electron chi connectivity index (χ0n) is 19.8. The van der Waals surface area contributed by atoms with E-state index in [0.29, 0.717) is 5.56 Å². The predicted molar refractivity (Wildman–Crippen MR) is 132 cm³/mol. The van der Waals surface area contributed by atoms with Crippen LogP contribution in [-0.2, 0) is 12.8 Å². The molecule has 0 N–H and O–H groups in total. The average Bonchev–Trinajstić information content (AvgIpc) is 2.84. The highest BCUT2D eigenvalue weighted by molar-refractivity contribution is 5.91. The quantitative estimate of drug-likeness (QED) is 0.161. The van der Waals surface area contributed by atoms with Gasteiger partial charge in [-0.1, -0.05) is 70.2 Å². The summed E-state index contributed by atoms with van der Waals surface area (Å²) in [5.41, 5.74) is 4.31. The second kappa shape index (κ2) is 12.9. The van der Waals surface area contributed by atoms with Crippen LogP contribution >= 0.6 is 0 Å². The molecule has 4 heteroatoms. The third-order valence-corrected chi connectivity index (χ3v) is 5.83. The van der Waals surface area contributed by atoms with Crippen molar-refractivity contribution in [2.24, 2.45) is 0 Å². The second-order valence-electron chi connectivity index (χ2n) is 8.55. The van der Waals surface area contributed by atoms with Gasteiger partial charge in [-0.15, -0.1) is 0 Å². The Morgan fingerprint density at radius 2 is 1.52 bits per heavy atom. The van der Waals surface area contributed by atoms with Crippen LogP contribution in [0.2, 0.25) is 0 Å². The third kappa shape index (κ3) is 7.52. The van der Waals surface area contributed by atoms with Crippen molar-refractivity contribution >= 4 is 5.97 Å². The molecule has 0 saturated carbocycles. The van der Waals surface area contributed by atoms with Gasteiger partial charge in [0.1, 0.15) is 0 Å². The first-order valence-corrected chi connectivity index (χ1v) is 12.2. The Balaban J connectivity index is 1.56. The zero-order chi connectivity index (χ0) is 23.5. The Morgan fingerprint density at radius 1 is 0.818 bits per heavy atom. The highest BCUT2D eigenvalue weighted by Crippen LogP contribution is 2.22. The van der Waals surface area contributed by atoms with Gasteiger partial charge in [-0.05, 0) is 67.1 Å². The van der Waals surface area contributed by atoms with E-state index in [1.165, 1.54) is 49.8 Å². The SMILES string of the molecule is CCCCCCCc1ccc(-c2ccc(C(=O)Oc3ccc(CCCC)cc3F)cc2)nc1. The number of carbonyl (C=O) groups excluding carboxylic acids is 1. The summed E-state index contributed by atoms with van der Waals surface area (Å²) in [6, 6.07) is 16.0. The van der Waals surface area contributed by atoms with E-state index < -0.39 is 11.8 Å². The number of halogens is 1. The monoisotopic (exact) mass is 447 g/mol. The van der Waals surface area contributed by atoms with Crippen LogP contribution < -0.4 is 4.74 Å². The molecule has 3 rings (SSSR count). The zero-order valence-corrected chi connectivity index (χ0v) is 19.8. The maximum Gasteiger partial charge on any atom is 0.343 e. The van der Waals surface area contributed by atoms with Crippen molar-refractivity contribution < 1.29 is 13.9 Å². The molecule has 0 radical (unpaired) electrons. The fourth-order valence-electron chi connectivity index (χ4n) is 3.78. The maximum absolute atomic E-state index is 14.3. The molecule has 0 aliphatic rings. The van der Waals surface area contributed by atoms with Gasteiger partial charge in [0.25, 0.3) is 0 Å². The summed E-state index contributed by atoms with van der Waals surface area (Å²) in [4.78, 5) is 17.1. The number of unbranched alkanes of at least 4 members (excludes halogenated alkanes) is 5. The number of pyridine rings is 1. The Kier molecular flexibility index (Phi) is 9.61. The number of benzene rings is 2. The number of ether oxygens (including phenoxy) is 1. The molecule has 33 heavy (non-hydrogen) atoms. The van der Waals surface area contributed by atoms with Crippen LogP contribution in [0.15, 0.2) is 60.8 Å². The lowest BCUT2D eigenvalue weighted by atomic mass is 10.0. The lowest BCUT2D eigenvalue weighted by Crippen LogP contribution is -2.09. The molecule has 0 aliphatic heterocycles.